The van der Waals surface area contributed by atoms with Crippen molar-refractivity contribution in [3.63, 3.8) is 0 Å². The summed E-state index contributed by atoms with van der Waals surface area (Å²) in [7, 11) is 3.33. The van der Waals surface area contributed by atoms with E-state index in [1.54, 1.807) is 14.2 Å². The summed E-state index contributed by atoms with van der Waals surface area (Å²) in [5.41, 5.74) is 1.29. The highest BCUT2D eigenvalue weighted by molar-refractivity contribution is 5.42. The van der Waals surface area contributed by atoms with Crippen molar-refractivity contribution in [2.24, 2.45) is 0 Å². The number of hydrogen-bond acceptors (Lipinski definition) is 5. The van der Waals surface area contributed by atoms with E-state index < -0.39 is 0 Å². The fraction of sp³-hybridized carbons (Fsp3) is 0.600. The molecule has 0 bridgehead atoms. The van der Waals surface area contributed by atoms with Crippen molar-refractivity contribution >= 4 is 0 Å². The van der Waals surface area contributed by atoms with Gasteiger partial charge in [-0.3, -0.25) is 4.90 Å². The summed E-state index contributed by atoms with van der Waals surface area (Å²) >= 11 is 0. The van der Waals surface area contributed by atoms with Crippen LogP contribution >= 0.6 is 0 Å². The predicted molar refractivity (Wildman–Crippen MR) is 151 cm³/mol. The molecule has 0 N–H and O–H groups in total. The Morgan fingerprint density at radius 3 is 1.80 bits per heavy atom. The second-order valence-electron chi connectivity index (χ2n) is 8.55. The quantitative estimate of drug-likeness (QED) is 0.310. The third-order valence-corrected chi connectivity index (χ3v) is 5.75. The van der Waals surface area contributed by atoms with Crippen molar-refractivity contribution < 1.29 is 14.2 Å². The summed E-state index contributed by atoms with van der Waals surface area (Å²) in [6, 6.07) is 17.3. The van der Waals surface area contributed by atoms with Gasteiger partial charge < -0.3 is 19.1 Å². The molecule has 0 fully saturated rings. The molecule has 0 saturated carbocycles. The van der Waals surface area contributed by atoms with Gasteiger partial charge in [0.25, 0.3) is 0 Å². The van der Waals surface area contributed by atoms with Crippen LogP contribution in [-0.4, -0.2) is 68.9 Å². The van der Waals surface area contributed by atoms with Crippen LogP contribution < -0.4 is 14.2 Å². The smallest absolute Gasteiger partial charge is 0.160 e. The van der Waals surface area contributed by atoms with Crippen molar-refractivity contribution in [1.29, 1.82) is 0 Å². The summed E-state index contributed by atoms with van der Waals surface area (Å²) in [5, 5.41) is 0. The fourth-order valence-corrected chi connectivity index (χ4v) is 3.76. The lowest BCUT2D eigenvalue weighted by Crippen LogP contribution is -2.39. The topological polar surface area (TPSA) is 34.2 Å². The minimum absolute atomic E-state index is 0.569. The molecule has 0 aliphatic heterocycles. The molecule has 200 valence electrons. The molecule has 5 nitrogen and oxygen atoms in total. The molecule has 2 rings (SSSR count). The van der Waals surface area contributed by atoms with Crippen molar-refractivity contribution in [3.8, 4) is 17.2 Å². The van der Waals surface area contributed by atoms with Crippen LogP contribution in [0.25, 0.3) is 0 Å². The van der Waals surface area contributed by atoms with Crippen LogP contribution in [0, 0.1) is 0 Å². The Labute approximate surface area is 216 Å². The number of rotatable bonds is 13. The molecule has 0 saturated heterocycles. The van der Waals surface area contributed by atoms with Crippen LogP contribution in [0.3, 0.4) is 0 Å². The molecule has 0 aliphatic rings. The Hall–Kier alpha value is -2.24. The summed E-state index contributed by atoms with van der Waals surface area (Å²) in [4.78, 5) is 4.85. The van der Waals surface area contributed by atoms with Crippen molar-refractivity contribution in [2.75, 3.05) is 47.0 Å². The van der Waals surface area contributed by atoms with E-state index in [0.717, 1.165) is 56.5 Å². The number of nitrogens with zero attached hydrogens (tertiary/aromatic N) is 2. The summed E-state index contributed by atoms with van der Waals surface area (Å²) in [6.07, 6.45) is 1.04. The number of benzene rings is 2. The highest BCUT2D eigenvalue weighted by Crippen LogP contribution is 2.27. The van der Waals surface area contributed by atoms with Crippen molar-refractivity contribution in [3.05, 3.63) is 54.1 Å². The van der Waals surface area contributed by atoms with E-state index in [4.69, 9.17) is 14.2 Å². The van der Waals surface area contributed by atoms with Gasteiger partial charge >= 0.3 is 0 Å². The summed E-state index contributed by atoms with van der Waals surface area (Å²) in [5.74, 6) is 2.55. The molecule has 0 aromatic heterocycles. The van der Waals surface area contributed by atoms with Gasteiger partial charge in [-0.1, -0.05) is 52.0 Å². The zero-order valence-electron chi connectivity index (χ0n) is 24.1. The summed E-state index contributed by atoms with van der Waals surface area (Å²) < 4.78 is 16.2. The number of hydrogen-bond donors (Lipinski definition) is 0. The number of para-hydroxylation sites is 1. The van der Waals surface area contributed by atoms with Crippen LogP contribution in [0.5, 0.6) is 17.2 Å². The average Bonchev–Trinajstić information content (AvgIpc) is 2.88. The molecular weight excluding hydrogens is 436 g/mol. The highest BCUT2D eigenvalue weighted by Gasteiger charge is 2.12. The molecule has 2 aromatic carbocycles. The normalized spacial score (nSPS) is 10.6. The molecule has 0 spiro atoms. The van der Waals surface area contributed by atoms with Gasteiger partial charge in [-0.25, -0.2) is 0 Å². The van der Waals surface area contributed by atoms with Crippen LogP contribution in [0.15, 0.2) is 48.5 Å². The Kier molecular flexibility index (Phi) is 18.7. The predicted octanol–water partition coefficient (Wildman–Crippen LogP) is 6.80. The molecule has 0 heterocycles. The van der Waals surface area contributed by atoms with Crippen LogP contribution in [-0.2, 0) is 6.42 Å². The van der Waals surface area contributed by atoms with Gasteiger partial charge in [0, 0.05) is 25.2 Å². The highest BCUT2D eigenvalue weighted by atomic mass is 16.5. The van der Waals surface area contributed by atoms with E-state index >= 15 is 0 Å². The maximum atomic E-state index is 5.70. The third-order valence-electron chi connectivity index (χ3n) is 5.75. The van der Waals surface area contributed by atoms with Gasteiger partial charge in [0.05, 0.1) is 14.2 Å². The first-order valence-corrected chi connectivity index (χ1v) is 13.2. The molecule has 0 aliphatic carbocycles. The lowest BCUT2D eigenvalue weighted by Gasteiger charge is -2.30. The summed E-state index contributed by atoms with van der Waals surface area (Å²) in [6.45, 7) is 22.3. The molecule has 0 unspecified atom stereocenters. The zero-order chi connectivity index (χ0) is 26.6. The van der Waals surface area contributed by atoms with Crippen LogP contribution in [0.2, 0.25) is 0 Å². The molecule has 35 heavy (non-hydrogen) atoms. The Morgan fingerprint density at radius 2 is 1.31 bits per heavy atom. The Balaban J connectivity index is 0.000000618. The molecule has 0 atom stereocenters. The lowest BCUT2D eigenvalue weighted by atomic mass is 10.1. The Morgan fingerprint density at radius 1 is 0.743 bits per heavy atom. The van der Waals surface area contributed by atoms with Gasteiger partial charge in [0.15, 0.2) is 11.5 Å². The minimum Gasteiger partial charge on any atom is -0.493 e. The van der Waals surface area contributed by atoms with Crippen LogP contribution in [0.1, 0.15) is 61.0 Å². The van der Waals surface area contributed by atoms with Gasteiger partial charge in [-0.15, -0.1) is 0 Å². The van der Waals surface area contributed by atoms with Gasteiger partial charge in [0.2, 0.25) is 0 Å². The van der Waals surface area contributed by atoms with Crippen LogP contribution in [0.4, 0.5) is 0 Å². The number of methoxy groups -OCH3 is 2. The van der Waals surface area contributed by atoms with E-state index in [1.165, 1.54) is 5.56 Å². The monoisotopic (exact) mass is 488 g/mol. The molecule has 2 aromatic rings. The molecular formula is C30H52N2O3. The second-order valence-corrected chi connectivity index (χ2v) is 8.55. The maximum Gasteiger partial charge on any atom is 0.160 e. The first kappa shape index (κ1) is 32.8. The second kappa shape index (κ2) is 20.0. The number of ether oxygens (including phenoxy) is 3. The first-order valence-electron chi connectivity index (χ1n) is 13.2. The van der Waals surface area contributed by atoms with Crippen molar-refractivity contribution in [2.45, 2.75) is 73.9 Å². The third kappa shape index (κ3) is 13.4. The minimum atomic E-state index is 0.569. The van der Waals surface area contributed by atoms with E-state index in [1.807, 2.05) is 50.2 Å². The first-order chi connectivity index (χ1) is 16.9. The van der Waals surface area contributed by atoms with E-state index in [2.05, 4.69) is 63.5 Å². The van der Waals surface area contributed by atoms with Gasteiger partial charge in [-0.05, 0) is 77.0 Å². The molecule has 5 heteroatoms. The standard InChI is InChI=1S/C14H23NO2.C14H23NO.C2H6/c1-5-15(6-2)10-9-12-7-8-13(16-3)14(11-12)17-4;1-12(2)15(13(3)4)10-11-16-14-8-6-5-7-9-14;1-2/h7-8,11H,5-6,9-10H2,1-4H3;5-9,12-13H,10-11H2,1-4H3;1-2H3. The lowest BCUT2D eigenvalue weighted by molar-refractivity contribution is 0.142. The van der Waals surface area contributed by atoms with Crippen molar-refractivity contribution in [1.82, 2.24) is 9.80 Å². The maximum absolute atomic E-state index is 5.70. The van der Waals surface area contributed by atoms with Gasteiger partial charge in [-0.2, -0.15) is 0 Å². The average molecular weight is 489 g/mol. The van der Waals surface area contributed by atoms with E-state index in [9.17, 15) is 0 Å². The molecule has 0 radical (unpaired) electrons. The molecule has 0 amide bonds. The fourth-order valence-electron chi connectivity index (χ4n) is 3.76. The Bertz CT molecular complexity index is 739. The SMILES string of the molecule is CC.CC(C)N(CCOc1ccccc1)C(C)C.CCN(CC)CCc1ccc(OC)c(OC)c1. The number of likely N-dealkylation sites (N-methyl/N-ethyl adjacent to an activating group) is 1. The van der Waals surface area contributed by atoms with E-state index in [0.29, 0.717) is 12.1 Å². The van der Waals surface area contributed by atoms with E-state index in [-0.39, 0.29) is 0 Å². The van der Waals surface area contributed by atoms with Gasteiger partial charge in [0.1, 0.15) is 12.4 Å². The largest absolute Gasteiger partial charge is 0.493 e. The zero-order valence-corrected chi connectivity index (χ0v) is 24.1.